The molecule has 0 fully saturated rings. The van der Waals surface area contributed by atoms with Crippen molar-refractivity contribution >= 4 is 0 Å². The Bertz CT molecular complexity index is 273. The average Bonchev–Trinajstić information content (AvgIpc) is 2.68. The molecular weight excluding hydrogens is 328 g/mol. The molecule has 1 atom stereocenters. The largest absolute Gasteiger partial charge is 0.502 e. The van der Waals surface area contributed by atoms with Gasteiger partial charge >= 0.3 is 0 Å². The first-order chi connectivity index (χ1) is 13.3. The highest BCUT2D eigenvalue weighted by Gasteiger charge is 2.08. The molecule has 0 spiro atoms. The second-order valence-electron chi connectivity index (χ2n) is 8.60. The third kappa shape index (κ3) is 21.7. The van der Waals surface area contributed by atoms with Crippen LogP contribution in [-0.2, 0) is 4.74 Å². The van der Waals surface area contributed by atoms with Crippen LogP contribution in [-0.4, -0.2) is 6.61 Å². The van der Waals surface area contributed by atoms with Gasteiger partial charge in [-0.2, -0.15) is 0 Å². The standard InChI is InChI=1S/C26H52O/c1-4-7-9-11-13-14-15-16-17-18-20-22-24-26(25-27-6-3)23-21-19-12-10-8-5-2/h6,26H,3-5,7-25H2,1-2H3. The van der Waals surface area contributed by atoms with Crippen molar-refractivity contribution in [2.24, 2.45) is 5.92 Å². The number of hydrogen-bond acceptors (Lipinski definition) is 1. The third-order valence-electron chi connectivity index (χ3n) is 5.88. The fourth-order valence-corrected chi connectivity index (χ4v) is 4.00. The Labute approximate surface area is 172 Å². The van der Waals surface area contributed by atoms with Gasteiger partial charge in [0, 0.05) is 0 Å². The molecule has 0 aliphatic rings. The summed E-state index contributed by atoms with van der Waals surface area (Å²) in [6.07, 6.45) is 29.9. The van der Waals surface area contributed by atoms with Gasteiger partial charge in [0.2, 0.25) is 0 Å². The van der Waals surface area contributed by atoms with E-state index in [1.807, 2.05) is 0 Å². The van der Waals surface area contributed by atoms with Crippen LogP contribution in [0.5, 0.6) is 0 Å². The van der Waals surface area contributed by atoms with E-state index in [4.69, 9.17) is 4.74 Å². The lowest BCUT2D eigenvalue weighted by molar-refractivity contribution is 0.177. The zero-order valence-electron chi connectivity index (χ0n) is 19.1. The summed E-state index contributed by atoms with van der Waals surface area (Å²) in [5.74, 6) is 0.747. The van der Waals surface area contributed by atoms with Gasteiger partial charge < -0.3 is 4.74 Å². The normalized spacial score (nSPS) is 12.2. The fraction of sp³-hybridized carbons (Fsp3) is 0.923. The van der Waals surface area contributed by atoms with E-state index in [1.165, 1.54) is 128 Å². The predicted molar refractivity (Wildman–Crippen MR) is 123 cm³/mol. The molecule has 0 aliphatic carbocycles. The highest BCUT2D eigenvalue weighted by Crippen LogP contribution is 2.20. The number of unbranched alkanes of at least 4 members (excludes halogenated alkanes) is 16. The molecule has 0 bridgehead atoms. The van der Waals surface area contributed by atoms with Gasteiger partial charge in [0.1, 0.15) is 0 Å². The quantitative estimate of drug-likeness (QED) is 0.127. The van der Waals surface area contributed by atoms with Crippen molar-refractivity contribution in [3.8, 4) is 0 Å². The smallest absolute Gasteiger partial charge is 0.0901 e. The summed E-state index contributed by atoms with van der Waals surface area (Å²) in [5, 5.41) is 0. The SMILES string of the molecule is C=COCC(CCCCCCCC)CCCCCCCCCCCCCC. The summed E-state index contributed by atoms with van der Waals surface area (Å²) in [6.45, 7) is 9.18. The molecule has 0 aromatic rings. The van der Waals surface area contributed by atoms with Gasteiger partial charge in [-0.05, 0) is 18.8 Å². The van der Waals surface area contributed by atoms with Crippen LogP contribution < -0.4 is 0 Å². The molecule has 0 saturated carbocycles. The predicted octanol–water partition coefficient (Wildman–Crippen LogP) is 9.60. The first kappa shape index (κ1) is 26.5. The maximum absolute atomic E-state index is 5.51. The molecule has 1 heteroatoms. The van der Waals surface area contributed by atoms with Gasteiger partial charge in [0.15, 0.2) is 0 Å². The molecule has 0 N–H and O–H groups in total. The van der Waals surface area contributed by atoms with Crippen molar-refractivity contribution in [3.63, 3.8) is 0 Å². The van der Waals surface area contributed by atoms with E-state index in [1.54, 1.807) is 6.26 Å². The van der Waals surface area contributed by atoms with Crippen molar-refractivity contribution in [3.05, 3.63) is 12.8 Å². The molecule has 0 rings (SSSR count). The molecule has 0 amide bonds. The van der Waals surface area contributed by atoms with E-state index in [2.05, 4.69) is 20.4 Å². The highest BCUT2D eigenvalue weighted by molar-refractivity contribution is 4.62. The van der Waals surface area contributed by atoms with E-state index < -0.39 is 0 Å². The third-order valence-corrected chi connectivity index (χ3v) is 5.88. The second-order valence-corrected chi connectivity index (χ2v) is 8.60. The van der Waals surface area contributed by atoms with Gasteiger partial charge in [0.25, 0.3) is 0 Å². The minimum absolute atomic E-state index is 0.747. The molecule has 0 aliphatic heterocycles. The van der Waals surface area contributed by atoms with E-state index in [0.717, 1.165) is 12.5 Å². The molecule has 0 heterocycles. The molecule has 0 aromatic heterocycles. The first-order valence-electron chi connectivity index (χ1n) is 12.6. The Morgan fingerprint density at radius 3 is 1.22 bits per heavy atom. The van der Waals surface area contributed by atoms with Crippen LogP contribution in [0.3, 0.4) is 0 Å². The number of rotatable bonds is 23. The molecule has 1 unspecified atom stereocenters. The molecular formula is C26H52O. The van der Waals surface area contributed by atoms with Crippen LogP contribution in [0.15, 0.2) is 12.8 Å². The van der Waals surface area contributed by atoms with Gasteiger partial charge in [-0.3, -0.25) is 0 Å². The van der Waals surface area contributed by atoms with Crippen LogP contribution >= 0.6 is 0 Å². The maximum Gasteiger partial charge on any atom is 0.0901 e. The lowest BCUT2D eigenvalue weighted by atomic mass is 9.94. The Morgan fingerprint density at radius 1 is 0.556 bits per heavy atom. The summed E-state index contributed by atoms with van der Waals surface area (Å²) in [6, 6.07) is 0. The Kier molecular flexibility index (Phi) is 23.2. The molecule has 0 aromatic carbocycles. The van der Waals surface area contributed by atoms with Crippen molar-refractivity contribution < 1.29 is 4.74 Å². The molecule has 0 saturated heterocycles. The zero-order valence-corrected chi connectivity index (χ0v) is 19.1. The van der Waals surface area contributed by atoms with E-state index in [9.17, 15) is 0 Å². The first-order valence-corrected chi connectivity index (χ1v) is 12.6. The van der Waals surface area contributed by atoms with E-state index in [-0.39, 0.29) is 0 Å². The topological polar surface area (TPSA) is 9.23 Å². The number of hydrogen-bond donors (Lipinski definition) is 0. The lowest BCUT2D eigenvalue weighted by Gasteiger charge is -2.16. The summed E-state index contributed by atoms with van der Waals surface area (Å²) < 4.78 is 5.51. The highest BCUT2D eigenvalue weighted by atomic mass is 16.5. The Morgan fingerprint density at radius 2 is 0.889 bits per heavy atom. The van der Waals surface area contributed by atoms with Crippen molar-refractivity contribution in [2.45, 2.75) is 142 Å². The Hall–Kier alpha value is -0.460. The molecule has 27 heavy (non-hydrogen) atoms. The fourth-order valence-electron chi connectivity index (χ4n) is 4.00. The van der Waals surface area contributed by atoms with Crippen molar-refractivity contribution in [1.29, 1.82) is 0 Å². The lowest BCUT2D eigenvalue weighted by Crippen LogP contribution is -2.08. The minimum atomic E-state index is 0.747. The average molecular weight is 381 g/mol. The van der Waals surface area contributed by atoms with Gasteiger partial charge in [-0.15, -0.1) is 0 Å². The second kappa shape index (κ2) is 23.6. The van der Waals surface area contributed by atoms with Crippen LogP contribution in [0.25, 0.3) is 0 Å². The Balaban J connectivity index is 3.48. The molecule has 1 nitrogen and oxygen atoms in total. The van der Waals surface area contributed by atoms with Gasteiger partial charge in [-0.1, -0.05) is 136 Å². The minimum Gasteiger partial charge on any atom is -0.502 e. The monoisotopic (exact) mass is 380 g/mol. The van der Waals surface area contributed by atoms with E-state index in [0.29, 0.717) is 0 Å². The van der Waals surface area contributed by atoms with Crippen LogP contribution in [0.1, 0.15) is 142 Å². The van der Waals surface area contributed by atoms with Crippen LogP contribution in [0.2, 0.25) is 0 Å². The summed E-state index contributed by atoms with van der Waals surface area (Å²) in [4.78, 5) is 0. The maximum atomic E-state index is 5.51. The molecule has 0 radical (unpaired) electrons. The van der Waals surface area contributed by atoms with Crippen LogP contribution in [0, 0.1) is 5.92 Å². The van der Waals surface area contributed by atoms with Crippen LogP contribution in [0.4, 0.5) is 0 Å². The summed E-state index contributed by atoms with van der Waals surface area (Å²) in [7, 11) is 0. The van der Waals surface area contributed by atoms with Gasteiger partial charge in [-0.25, -0.2) is 0 Å². The zero-order chi connectivity index (χ0) is 19.8. The van der Waals surface area contributed by atoms with E-state index >= 15 is 0 Å². The summed E-state index contributed by atoms with van der Waals surface area (Å²) in [5.41, 5.74) is 0. The van der Waals surface area contributed by atoms with Gasteiger partial charge in [0.05, 0.1) is 12.9 Å². The summed E-state index contributed by atoms with van der Waals surface area (Å²) >= 11 is 0. The number of ether oxygens (including phenoxy) is 1. The van der Waals surface area contributed by atoms with Crippen molar-refractivity contribution in [1.82, 2.24) is 0 Å². The molecule has 162 valence electrons. The van der Waals surface area contributed by atoms with Crippen molar-refractivity contribution in [2.75, 3.05) is 6.61 Å².